The molecule has 1 amide bonds. The van der Waals surface area contributed by atoms with E-state index in [4.69, 9.17) is 0 Å². The molecule has 1 aliphatic rings. The summed E-state index contributed by atoms with van der Waals surface area (Å²) < 4.78 is 1.98. The Hall–Kier alpha value is -2.40. The molecule has 0 saturated carbocycles. The SMILES string of the molecule is O=C(c1sccc1-n1cccc1)N1CCc2cnccc21. The van der Waals surface area contributed by atoms with Crippen molar-refractivity contribution in [3.8, 4) is 5.69 Å². The van der Waals surface area contributed by atoms with E-state index in [1.165, 1.54) is 11.3 Å². The third-order valence-electron chi connectivity index (χ3n) is 3.74. The first-order chi connectivity index (χ1) is 10.3. The van der Waals surface area contributed by atoms with Crippen LogP contribution in [0.25, 0.3) is 5.69 Å². The van der Waals surface area contributed by atoms with Gasteiger partial charge in [0, 0.05) is 31.3 Å². The number of pyridine rings is 1. The Kier molecular flexibility index (Phi) is 2.86. The fourth-order valence-corrected chi connectivity index (χ4v) is 3.56. The summed E-state index contributed by atoms with van der Waals surface area (Å²) in [5, 5.41) is 1.96. The minimum atomic E-state index is 0.0682. The molecule has 4 nitrogen and oxygen atoms in total. The van der Waals surface area contributed by atoms with E-state index in [0.29, 0.717) is 0 Å². The topological polar surface area (TPSA) is 38.1 Å². The molecule has 1 aliphatic heterocycles. The van der Waals surface area contributed by atoms with E-state index in [0.717, 1.165) is 34.8 Å². The lowest BCUT2D eigenvalue weighted by Gasteiger charge is -2.17. The number of amides is 1. The zero-order valence-electron chi connectivity index (χ0n) is 11.3. The second-order valence-corrected chi connectivity index (χ2v) is 5.85. The summed E-state index contributed by atoms with van der Waals surface area (Å²) in [6.07, 6.45) is 8.39. The highest BCUT2D eigenvalue weighted by atomic mass is 32.1. The molecule has 0 unspecified atom stereocenters. The highest BCUT2D eigenvalue weighted by Crippen LogP contribution is 2.31. The number of thiophene rings is 1. The van der Waals surface area contributed by atoms with Crippen molar-refractivity contribution in [3.63, 3.8) is 0 Å². The van der Waals surface area contributed by atoms with Gasteiger partial charge in [0.05, 0.1) is 11.4 Å². The average Bonchev–Trinajstić information content (AvgIpc) is 3.25. The molecule has 104 valence electrons. The fraction of sp³-hybridized carbons (Fsp3) is 0.125. The summed E-state index contributed by atoms with van der Waals surface area (Å²) in [6.45, 7) is 0.725. The van der Waals surface area contributed by atoms with Crippen LogP contribution in [0.5, 0.6) is 0 Å². The Morgan fingerprint density at radius 1 is 1.19 bits per heavy atom. The smallest absolute Gasteiger partial charge is 0.270 e. The molecular weight excluding hydrogens is 282 g/mol. The Balaban J connectivity index is 1.73. The van der Waals surface area contributed by atoms with Gasteiger partial charge in [-0.05, 0) is 41.6 Å². The van der Waals surface area contributed by atoms with Crippen molar-refractivity contribution in [1.82, 2.24) is 9.55 Å². The van der Waals surface area contributed by atoms with Gasteiger partial charge in [0.2, 0.25) is 0 Å². The maximum Gasteiger partial charge on any atom is 0.270 e. The maximum atomic E-state index is 12.9. The zero-order chi connectivity index (χ0) is 14.2. The molecule has 0 N–H and O–H groups in total. The lowest BCUT2D eigenvalue weighted by atomic mass is 10.2. The first kappa shape index (κ1) is 12.3. The van der Waals surface area contributed by atoms with E-state index in [9.17, 15) is 4.79 Å². The molecule has 3 aromatic heterocycles. The van der Waals surface area contributed by atoms with Gasteiger partial charge in [0.15, 0.2) is 0 Å². The van der Waals surface area contributed by atoms with Gasteiger partial charge in [-0.25, -0.2) is 0 Å². The van der Waals surface area contributed by atoms with E-state index < -0.39 is 0 Å². The van der Waals surface area contributed by atoms with Gasteiger partial charge in [-0.2, -0.15) is 0 Å². The van der Waals surface area contributed by atoms with Crippen LogP contribution >= 0.6 is 11.3 Å². The van der Waals surface area contributed by atoms with Crippen LogP contribution in [-0.4, -0.2) is 22.0 Å². The van der Waals surface area contributed by atoms with E-state index in [1.807, 2.05) is 57.7 Å². The van der Waals surface area contributed by atoms with Gasteiger partial charge in [-0.1, -0.05) is 0 Å². The van der Waals surface area contributed by atoms with Crippen LogP contribution < -0.4 is 4.90 Å². The number of carbonyl (C=O) groups excluding carboxylic acids is 1. The first-order valence-corrected chi connectivity index (χ1v) is 7.68. The average molecular weight is 295 g/mol. The van der Waals surface area contributed by atoms with Gasteiger partial charge < -0.3 is 9.47 Å². The molecule has 3 aromatic rings. The lowest BCUT2D eigenvalue weighted by molar-refractivity contribution is 0.0993. The fourth-order valence-electron chi connectivity index (χ4n) is 2.72. The summed E-state index contributed by atoms with van der Waals surface area (Å²) in [5.74, 6) is 0.0682. The third kappa shape index (κ3) is 1.97. The van der Waals surface area contributed by atoms with E-state index in [2.05, 4.69) is 4.98 Å². The lowest BCUT2D eigenvalue weighted by Crippen LogP contribution is -2.28. The van der Waals surface area contributed by atoms with Crippen LogP contribution in [0, 0.1) is 0 Å². The van der Waals surface area contributed by atoms with Crippen molar-refractivity contribution in [1.29, 1.82) is 0 Å². The summed E-state index contributed by atoms with van der Waals surface area (Å²) in [6, 6.07) is 7.83. The van der Waals surface area contributed by atoms with Crippen LogP contribution in [0.2, 0.25) is 0 Å². The van der Waals surface area contributed by atoms with Crippen molar-refractivity contribution in [3.05, 3.63) is 64.9 Å². The second-order valence-electron chi connectivity index (χ2n) is 4.94. The quantitative estimate of drug-likeness (QED) is 0.728. The molecule has 0 fully saturated rings. The van der Waals surface area contributed by atoms with Gasteiger partial charge in [0.1, 0.15) is 4.88 Å². The molecular formula is C16H13N3OS. The summed E-state index contributed by atoms with van der Waals surface area (Å²) in [5.41, 5.74) is 3.07. The Morgan fingerprint density at radius 3 is 2.90 bits per heavy atom. The number of anilines is 1. The minimum Gasteiger partial charge on any atom is -0.322 e. The van der Waals surface area contributed by atoms with Crippen molar-refractivity contribution < 1.29 is 4.79 Å². The van der Waals surface area contributed by atoms with Crippen molar-refractivity contribution in [2.75, 3.05) is 11.4 Å². The zero-order valence-corrected chi connectivity index (χ0v) is 12.1. The van der Waals surface area contributed by atoms with Crippen LogP contribution in [0.15, 0.2) is 54.4 Å². The molecule has 21 heavy (non-hydrogen) atoms. The maximum absolute atomic E-state index is 12.9. The molecule has 0 radical (unpaired) electrons. The van der Waals surface area contributed by atoms with Crippen LogP contribution in [0.4, 0.5) is 5.69 Å². The number of hydrogen-bond acceptors (Lipinski definition) is 3. The number of fused-ring (bicyclic) bond motifs is 1. The highest BCUT2D eigenvalue weighted by Gasteiger charge is 2.28. The molecule has 4 heterocycles. The highest BCUT2D eigenvalue weighted by molar-refractivity contribution is 7.12. The van der Waals surface area contributed by atoms with Crippen LogP contribution in [0.3, 0.4) is 0 Å². The monoisotopic (exact) mass is 295 g/mol. The largest absolute Gasteiger partial charge is 0.322 e. The van der Waals surface area contributed by atoms with Crippen LogP contribution in [-0.2, 0) is 6.42 Å². The molecule has 5 heteroatoms. The van der Waals surface area contributed by atoms with Crippen molar-refractivity contribution in [2.45, 2.75) is 6.42 Å². The van der Waals surface area contributed by atoms with Gasteiger partial charge in [-0.3, -0.25) is 9.78 Å². The molecule has 4 rings (SSSR count). The third-order valence-corrected chi connectivity index (χ3v) is 4.63. The molecule has 0 saturated heterocycles. The van der Waals surface area contributed by atoms with Gasteiger partial charge >= 0.3 is 0 Å². The summed E-state index contributed by atoms with van der Waals surface area (Å²) >= 11 is 1.49. The van der Waals surface area contributed by atoms with E-state index in [1.54, 1.807) is 6.20 Å². The Morgan fingerprint density at radius 2 is 2.05 bits per heavy atom. The molecule has 0 aromatic carbocycles. The number of hydrogen-bond donors (Lipinski definition) is 0. The van der Waals surface area contributed by atoms with Gasteiger partial charge in [0.25, 0.3) is 5.91 Å². The van der Waals surface area contributed by atoms with Crippen LogP contribution in [0.1, 0.15) is 15.2 Å². The molecule has 0 spiro atoms. The normalized spacial score (nSPS) is 13.4. The number of carbonyl (C=O) groups is 1. The number of nitrogens with zero attached hydrogens (tertiary/aromatic N) is 3. The molecule has 0 atom stereocenters. The summed E-state index contributed by atoms with van der Waals surface area (Å²) in [4.78, 5) is 19.7. The van der Waals surface area contributed by atoms with Gasteiger partial charge in [-0.15, -0.1) is 11.3 Å². The standard InChI is InChI=1S/C16H13N3OS/c20-16(19-9-4-12-11-17-6-3-13(12)19)15-14(5-10-21-15)18-7-1-2-8-18/h1-3,5-8,10-11H,4,9H2. The summed E-state index contributed by atoms with van der Waals surface area (Å²) in [7, 11) is 0. The first-order valence-electron chi connectivity index (χ1n) is 6.80. The van der Waals surface area contributed by atoms with Crippen molar-refractivity contribution in [2.24, 2.45) is 0 Å². The number of aromatic nitrogens is 2. The minimum absolute atomic E-state index is 0.0682. The molecule has 0 bridgehead atoms. The second kappa shape index (κ2) is 4.86. The van der Waals surface area contributed by atoms with E-state index in [-0.39, 0.29) is 5.91 Å². The number of rotatable bonds is 2. The van der Waals surface area contributed by atoms with Crippen molar-refractivity contribution >= 4 is 22.9 Å². The van der Waals surface area contributed by atoms with E-state index >= 15 is 0 Å². The Labute approximate surface area is 126 Å². The predicted molar refractivity (Wildman–Crippen MR) is 83.3 cm³/mol. The Bertz CT molecular complexity index is 791. The predicted octanol–water partition coefficient (Wildman–Crippen LogP) is 3.14. The molecule has 0 aliphatic carbocycles.